The number of ketones is 1. The van der Waals surface area contributed by atoms with Crippen molar-refractivity contribution in [1.29, 1.82) is 0 Å². The minimum Gasteiger partial charge on any atom is -0.496 e. The summed E-state index contributed by atoms with van der Waals surface area (Å²) in [7, 11) is 1.57. The Bertz CT molecular complexity index is 633. The fraction of sp³-hybridized carbons (Fsp3) is 0.250. The van der Waals surface area contributed by atoms with Crippen LogP contribution < -0.4 is 4.74 Å². The van der Waals surface area contributed by atoms with Crippen molar-refractivity contribution in [2.45, 2.75) is 20.8 Å². The third kappa shape index (κ3) is 2.65. The van der Waals surface area contributed by atoms with Gasteiger partial charge in [-0.2, -0.15) is 0 Å². The molecule has 0 aliphatic carbocycles. The number of benzene rings is 1. The minimum absolute atomic E-state index is 0.0504. The van der Waals surface area contributed by atoms with Crippen LogP contribution in [0.2, 0.25) is 0 Å². The normalized spacial score (nSPS) is 10.3. The average molecular weight is 255 g/mol. The standard InChI is InChI=1S/C16H17NO2/c1-10-5-8-15(19-4)14(9-10)16(18)13-7-6-11(2)17-12(13)3/h5-9H,1-4H3. The van der Waals surface area contributed by atoms with Gasteiger partial charge >= 0.3 is 0 Å². The van der Waals surface area contributed by atoms with Gasteiger partial charge in [0, 0.05) is 17.0 Å². The number of hydrogen-bond donors (Lipinski definition) is 0. The Morgan fingerprint density at radius 3 is 2.42 bits per heavy atom. The van der Waals surface area contributed by atoms with Crippen LogP contribution in [0.25, 0.3) is 0 Å². The molecule has 0 spiro atoms. The van der Waals surface area contributed by atoms with Crippen LogP contribution in [0.5, 0.6) is 5.75 Å². The van der Waals surface area contributed by atoms with Crippen LogP contribution in [0.4, 0.5) is 0 Å². The first-order valence-corrected chi connectivity index (χ1v) is 6.16. The summed E-state index contributed by atoms with van der Waals surface area (Å²) < 4.78 is 5.27. The molecule has 0 amide bonds. The van der Waals surface area contributed by atoms with E-state index < -0.39 is 0 Å². The van der Waals surface area contributed by atoms with E-state index in [0.29, 0.717) is 16.9 Å². The van der Waals surface area contributed by atoms with Gasteiger partial charge in [-0.05, 0) is 45.0 Å². The predicted molar refractivity (Wildman–Crippen MR) is 74.9 cm³/mol. The number of hydrogen-bond acceptors (Lipinski definition) is 3. The van der Waals surface area contributed by atoms with E-state index in [4.69, 9.17) is 4.74 Å². The fourth-order valence-electron chi connectivity index (χ4n) is 2.07. The molecule has 1 aromatic carbocycles. The first-order chi connectivity index (χ1) is 9.02. The van der Waals surface area contributed by atoms with E-state index in [9.17, 15) is 4.79 Å². The van der Waals surface area contributed by atoms with Crippen LogP contribution in [-0.2, 0) is 0 Å². The Balaban J connectivity index is 2.52. The molecule has 0 saturated carbocycles. The SMILES string of the molecule is COc1ccc(C)cc1C(=O)c1ccc(C)nc1C. The van der Waals surface area contributed by atoms with E-state index in [0.717, 1.165) is 17.0 Å². The molecule has 0 aliphatic rings. The maximum atomic E-state index is 12.6. The van der Waals surface area contributed by atoms with Crippen molar-refractivity contribution in [1.82, 2.24) is 4.98 Å². The topological polar surface area (TPSA) is 39.2 Å². The van der Waals surface area contributed by atoms with Gasteiger partial charge in [0.15, 0.2) is 5.78 Å². The van der Waals surface area contributed by atoms with Gasteiger partial charge in [-0.1, -0.05) is 11.6 Å². The first-order valence-electron chi connectivity index (χ1n) is 6.16. The molecule has 0 saturated heterocycles. The van der Waals surface area contributed by atoms with Crippen LogP contribution in [0, 0.1) is 20.8 Å². The summed E-state index contributed by atoms with van der Waals surface area (Å²) in [5.74, 6) is 0.543. The fourth-order valence-corrected chi connectivity index (χ4v) is 2.07. The number of pyridine rings is 1. The van der Waals surface area contributed by atoms with Gasteiger partial charge in [0.1, 0.15) is 5.75 Å². The Morgan fingerprint density at radius 1 is 1.05 bits per heavy atom. The molecule has 1 aromatic heterocycles. The highest BCUT2D eigenvalue weighted by Gasteiger charge is 2.17. The van der Waals surface area contributed by atoms with Crippen molar-refractivity contribution in [3.63, 3.8) is 0 Å². The number of ether oxygens (including phenoxy) is 1. The predicted octanol–water partition coefficient (Wildman–Crippen LogP) is 3.25. The van der Waals surface area contributed by atoms with Gasteiger partial charge < -0.3 is 4.74 Å². The summed E-state index contributed by atoms with van der Waals surface area (Å²) >= 11 is 0. The van der Waals surface area contributed by atoms with Crippen molar-refractivity contribution in [3.05, 3.63) is 58.4 Å². The van der Waals surface area contributed by atoms with Crippen LogP contribution in [0.15, 0.2) is 30.3 Å². The zero-order valence-electron chi connectivity index (χ0n) is 11.7. The van der Waals surface area contributed by atoms with Crippen molar-refractivity contribution < 1.29 is 9.53 Å². The van der Waals surface area contributed by atoms with Crippen LogP contribution >= 0.6 is 0 Å². The molecule has 0 fully saturated rings. The second-order valence-corrected chi connectivity index (χ2v) is 4.62. The molecule has 2 rings (SSSR count). The van der Waals surface area contributed by atoms with Crippen molar-refractivity contribution in [3.8, 4) is 5.75 Å². The van der Waals surface area contributed by atoms with Gasteiger partial charge in [0.05, 0.1) is 12.7 Å². The molecule has 0 bridgehead atoms. The smallest absolute Gasteiger partial charge is 0.198 e. The Kier molecular flexibility index (Phi) is 3.65. The number of nitrogens with zero attached hydrogens (tertiary/aromatic N) is 1. The molecule has 0 radical (unpaired) electrons. The molecule has 0 aliphatic heterocycles. The van der Waals surface area contributed by atoms with Crippen molar-refractivity contribution >= 4 is 5.78 Å². The molecule has 1 heterocycles. The Morgan fingerprint density at radius 2 is 1.79 bits per heavy atom. The number of aromatic nitrogens is 1. The van der Waals surface area contributed by atoms with E-state index in [1.54, 1.807) is 7.11 Å². The quantitative estimate of drug-likeness (QED) is 0.790. The molecule has 3 nitrogen and oxygen atoms in total. The molecule has 0 unspecified atom stereocenters. The zero-order valence-corrected chi connectivity index (χ0v) is 11.7. The maximum absolute atomic E-state index is 12.6. The number of methoxy groups -OCH3 is 1. The molecule has 3 heteroatoms. The maximum Gasteiger partial charge on any atom is 0.198 e. The van der Waals surface area contributed by atoms with E-state index in [1.807, 2.05) is 51.1 Å². The molecule has 98 valence electrons. The van der Waals surface area contributed by atoms with Gasteiger partial charge in [0.25, 0.3) is 0 Å². The third-order valence-corrected chi connectivity index (χ3v) is 3.07. The highest BCUT2D eigenvalue weighted by Crippen LogP contribution is 2.23. The number of carbonyl (C=O) groups is 1. The zero-order chi connectivity index (χ0) is 14.0. The van der Waals surface area contributed by atoms with E-state index >= 15 is 0 Å². The number of aryl methyl sites for hydroxylation is 3. The van der Waals surface area contributed by atoms with Crippen LogP contribution in [0.1, 0.15) is 32.9 Å². The average Bonchev–Trinajstić information content (AvgIpc) is 2.38. The molecule has 19 heavy (non-hydrogen) atoms. The van der Waals surface area contributed by atoms with Gasteiger partial charge in [-0.3, -0.25) is 9.78 Å². The summed E-state index contributed by atoms with van der Waals surface area (Å²) in [4.78, 5) is 16.9. The lowest BCUT2D eigenvalue weighted by Gasteiger charge is -2.10. The number of carbonyl (C=O) groups excluding carboxylic acids is 1. The monoisotopic (exact) mass is 255 g/mol. The molecule has 2 aromatic rings. The van der Waals surface area contributed by atoms with E-state index in [1.165, 1.54) is 0 Å². The largest absolute Gasteiger partial charge is 0.496 e. The summed E-state index contributed by atoms with van der Waals surface area (Å²) in [6, 6.07) is 9.26. The molecule has 0 atom stereocenters. The molecular weight excluding hydrogens is 238 g/mol. The number of rotatable bonds is 3. The minimum atomic E-state index is -0.0504. The van der Waals surface area contributed by atoms with Crippen LogP contribution in [0.3, 0.4) is 0 Å². The lowest BCUT2D eigenvalue weighted by molar-refractivity contribution is 0.103. The Labute approximate surface area is 113 Å². The lowest BCUT2D eigenvalue weighted by atomic mass is 9.99. The van der Waals surface area contributed by atoms with Crippen LogP contribution in [-0.4, -0.2) is 17.9 Å². The highest BCUT2D eigenvalue weighted by atomic mass is 16.5. The second kappa shape index (κ2) is 5.22. The van der Waals surface area contributed by atoms with Crippen molar-refractivity contribution in [2.75, 3.05) is 7.11 Å². The van der Waals surface area contributed by atoms with E-state index in [-0.39, 0.29) is 5.78 Å². The molecule has 0 N–H and O–H groups in total. The van der Waals surface area contributed by atoms with Crippen molar-refractivity contribution in [2.24, 2.45) is 0 Å². The van der Waals surface area contributed by atoms with Gasteiger partial charge in [-0.25, -0.2) is 0 Å². The lowest BCUT2D eigenvalue weighted by Crippen LogP contribution is -2.07. The van der Waals surface area contributed by atoms with Gasteiger partial charge in [-0.15, -0.1) is 0 Å². The van der Waals surface area contributed by atoms with E-state index in [2.05, 4.69) is 4.98 Å². The summed E-state index contributed by atoms with van der Waals surface area (Å²) in [5, 5.41) is 0. The summed E-state index contributed by atoms with van der Waals surface area (Å²) in [5.41, 5.74) is 3.88. The first kappa shape index (κ1) is 13.3. The summed E-state index contributed by atoms with van der Waals surface area (Å²) in [6.45, 7) is 5.72. The van der Waals surface area contributed by atoms with Gasteiger partial charge in [0.2, 0.25) is 0 Å². The summed E-state index contributed by atoms with van der Waals surface area (Å²) in [6.07, 6.45) is 0. The highest BCUT2D eigenvalue weighted by molar-refractivity contribution is 6.11. The molecular formula is C16H17NO2. The third-order valence-electron chi connectivity index (χ3n) is 3.07. The Hall–Kier alpha value is -2.16. The second-order valence-electron chi connectivity index (χ2n) is 4.62.